The molecule has 1 aromatic rings. The molecule has 0 radical (unpaired) electrons. The lowest BCUT2D eigenvalue weighted by atomic mass is 10.0. The minimum atomic E-state index is 0.380. The Bertz CT molecular complexity index is 354. The Morgan fingerprint density at radius 1 is 1.31 bits per heavy atom. The van der Waals surface area contributed by atoms with Crippen molar-refractivity contribution in [3.05, 3.63) is 44.9 Å². The van der Waals surface area contributed by atoms with Crippen molar-refractivity contribution >= 4 is 31.9 Å². The molecule has 0 saturated heterocycles. The molecular weight excluding hydrogens is 330 g/mol. The first-order valence-corrected chi connectivity index (χ1v) is 6.89. The molecule has 0 amide bonds. The Morgan fingerprint density at radius 2 is 1.88 bits per heavy atom. The van der Waals surface area contributed by atoms with E-state index >= 15 is 0 Å². The summed E-state index contributed by atoms with van der Waals surface area (Å²) in [5.74, 6) is 0. The predicted molar refractivity (Wildman–Crippen MR) is 77.7 cm³/mol. The Kier molecular flexibility index (Phi) is 5.73. The van der Waals surface area contributed by atoms with Crippen molar-refractivity contribution in [1.82, 2.24) is 5.32 Å². The maximum absolute atomic E-state index is 3.94. The predicted octanol–water partition coefficient (Wildman–Crippen LogP) is 4.83. The molecular formula is C13H17Br2N. The first-order valence-electron chi connectivity index (χ1n) is 5.30. The summed E-state index contributed by atoms with van der Waals surface area (Å²) in [7, 11) is 2.00. The van der Waals surface area contributed by atoms with Crippen LogP contribution >= 0.6 is 31.9 Å². The molecule has 0 heterocycles. The normalized spacial score (nSPS) is 12.5. The van der Waals surface area contributed by atoms with Crippen LogP contribution in [0.4, 0.5) is 0 Å². The number of allylic oxidation sites excluding steroid dienone is 1. The molecule has 16 heavy (non-hydrogen) atoms. The standard InChI is InChI=1S/C13H17Br2N/c1-9(2)4-5-13(16-3)10-6-11(14)8-12(15)7-10/h6-8,13,16H,1,4-5H2,2-3H3. The third kappa shape index (κ3) is 4.40. The van der Waals surface area contributed by atoms with Crippen molar-refractivity contribution in [2.45, 2.75) is 25.8 Å². The maximum atomic E-state index is 3.94. The van der Waals surface area contributed by atoms with Gasteiger partial charge in [-0.2, -0.15) is 0 Å². The van der Waals surface area contributed by atoms with E-state index in [-0.39, 0.29) is 0 Å². The summed E-state index contributed by atoms with van der Waals surface area (Å²) < 4.78 is 2.21. The van der Waals surface area contributed by atoms with Gasteiger partial charge in [0.25, 0.3) is 0 Å². The largest absolute Gasteiger partial charge is 0.313 e. The van der Waals surface area contributed by atoms with Crippen LogP contribution in [0.3, 0.4) is 0 Å². The number of hydrogen-bond acceptors (Lipinski definition) is 1. The van der Waals surface area contributed by atoms with E-state index in [0.717, 1.165) is 21.8 Å². The molecule has 1 rings (SSSR count). The minimum absolute atomic E-state index is 0.380. The van der Waals surface area contributed by atoms with Gasteiger partial charge in [-0.05, 0) is 50.6 Å². The second kappa shape index (κ2) is 6.58. The van der Waals surface area contributed by atoms with Gasteiger partial charge in [-0.25, -0.2) is 0 Å². The molecule has 0 saturated carbocycles. The van der Waals surface area contributed by atoms with Crippen molar-refractivity contribution < 1.29 is 0 Å². The first-order chi connectivity index (χ1) is 7.52. The fourth-order valence-electron chi connectivity index (χ4n) is 1.64. The molecule has 0 aromatic heterocycles. The second-order valence-corrected chi connectivity index (χ2v) is 5.87. The van der Waals surface area contributed by atoms with Crippen LogP contribution in [0.2, 0.25) is 0 Å². The van der Waals surface area contributed by atoms with Gasteiger partial charge in [0.1, 0.15) is 0 Å². The zero-order valence-corrected chi connectivity index (χ0v) is 12.9. The van der Waals surface area contributed by atoms with Gasteiger partial charge in [-0.15, -0.1) is 6.58 Å². The Labute approximate surface area is 115 Å². The Hall–Kier alpha value is -0.120. The summed E-state index contributed by atoms with van der Waals surface area (Å²) in [4.78, 5) is 0. The van der Waals surface area contributed by atoms with Gasteiger partial charge in [0, 0.05) is 15.0 Å². The van der Waals surface area contributed by atoms with E-state index in [2.05, 4.69) is 68.9 Å². The summed E-state index contributed by atoms with van der Waals surface area (Å²) in [6.45, 7) is 6.02. The molecule has 3 heteroatoms. The van der Waals surface area contributed by atoms with Gasteiger partial charge in [-0.1, -0.05) is 37.4 Å². The maximum Gasteiger partial charge on any atom is 0.0321 e. The molecule has 0 aliphatic heterocycles. The lowest BCUT2D eigenvalue weighted by Crippen LogP contribution is -2.16. The highest BCUT2D eigenvalue weighted by Gasteiger charge is 2.10. The highest BCUT2D eigenvalue weighted by Crippen LogP contribution is 2.27. The highest BCUT2D eigenvalue weighted by atomic mass is 79.9. The third-order valence-electron chi connectivity index (χ3n) is 2.50. The van der Waals surface area contributed by atoms with Gasteiger partial charge < -0.3 is 5.32 Å². The molecule has 0 bridgehead atoms. The quantitative estimate of drug-likeness (QED) is 0.753. The number of rotatable bonds is 5. The van der Waals surface area contributed by atoms with Crippen LogP contribution in [-0.4, -0.2) is 7.05 Å². The molecule has 1 aromatic carbocycles. The number of hydrogen-bond donors (Lipinski definition) is 1. The Morgan fingerprint density at radius 3 is 2.31 bits per heavy atom. The molecule has 1 unspecified atom stereocenters. The Balaban J connectivity index is 2.81. The van der Waals surface area contributed by atoms with Crippen LogP contribution in [-0.2, 0) is 0 Å². The molecule has 88 valence electrons. The average molecular weight is 347 g/mol. The first kappa shape index (κ1) is 13.9. The topological polar surface area (TPSA) is 12.0 Å². The van der Waals surface area contributed by atoms with Gasteiger partial charge in [0.05, 0.1) is 0 Å². The highest BCUT2D eigenvalue weighted by molar-refractivity contribution is 9.11. The van der Waals surface area contributed by atoms with Crippen LogP contribution in [0.15, 0.2) is 39.3 Å². The monoisotopic (exact) mass is 345 g/mol. The smallest absolute Gasteiger partial charge is 0.0321 e. The molecule has 1 nitrogen and oxygen atoms in total. The van der Waals surface area contributed by atoms with E-state index in [1.807, 2.05) is 7.05 Å². The van der Waals surface area contributed by atoms with E-state index in [4.69, 9.17) is 0 Å². The zero-order chi connectivity index (χ0) is 12.1. The second-order valence-electron chi connectivity index (χ2n) is 4.04. The van der Waals surface area contributed by atoms with Gasteiger partial charge >= 0.3 is 0 Å². The summed E-state index contributed by atoms with van der Waals surface area (Å²) in [6.07, 6.45) is 2.13. The lowest BCUT2D eigenvalue weighted by Gasteiger charge is -2.17. The van der Waals surface area contributed by atoms with Crippen LogP contribution in [0.25, 0.3) is 0 Å². The summed E-state index contributed by atoms with van der Waals surface area (Å²) in [5, 5.41) is 3.35. The minimum Gasteiger partial charge on any atom is -0.313 e. The average Bonchev–Trinajstić information content (AvgIpc) is 2.16. The summed E-state index contributed by atoms with van der Waals surface area (Å²) >= 11 is 7.03. The van der Waals surface area contributed by atoms with Crippen LogP contribution in [0.5, 0.6) is 0 Å². The summed E-state index contributed by atoms with van der Waals surface area (Å²) in [5.41, 5.74) is 2.53. The van der Waals surface area contributed by atoms with Crippen LogP contribution in [0.1, 0.15) is 31.4 Å². The number of nitrogens with one attached hydrogen (secondary N) is 1. The molecule has 1 N–H and O–H groups in total. The zero-order valence-electron chi connectivity index (χ0n) is 9.69. The van der Waals surface area contributed by atoms with E-state index in [9.17, 15) is 0 Å². The van der Waals surface area contributed by atoms with Gasteiger partial charge in [0.15, 0.2) is 0 Å². The molecule has 0 aliphatic rings. The third-order valence-corrected chi connectivity index (χ3v) is 3.41. The molecule has 0 aliphatic carbocycles. The summed E-state index contributed by atoms with van der Waals surface area (Å²) in [6, 6.07) is 6.74. The van der Waals surface area contributed by atoms with E-state index in [0.29, 0.717) is 6.04 Å². The van der Waals surface area contributed by atoms with E-state index in [1.54, 1.807) is 0 Å². The van der Waals surface area contributed by atoms with Crippen molar-refractivity contribution in [2.24, 2.45) is 0 Å². The SMILES string of the molecule is C=C(C)CCC(NC)c1cc(Br)cc(Br)c1. The fraction of sp³-hybridized carbons (Fsp3) is 0.385. The van der Waals surface area contributed by atoms with Crippen molar-refractivity contribution in [1.29, 1.82) is 0 Å². The van der Waals surface area contributed by atoms with Crippen LogP contribution in [0, 0.1) is 0 Å². The van der Waals surface area contributed by atoms with E-state index < -0.39 is 0 Å². The molecule has 1 atom stereocenters. The van der Waals surface area contributed by atoms with Gasteiger partial charge in [-0.3, -0.25) is 0 Å². The van der Waals surface area contributed by atoms with Gasteiger partial charge in [0.2, 0.25) is 0 Å². The van der Waals surface area contributed by atoms with Crippen molar-refractivity contribution in [3.8, 4) is 0 Å². The van der Waals surface area contributed by atoms with Crippen LogP contribution < -0.4 is 5.32 Å². The number of benzene rings is 1. The van der Waals surface area contributed by atoms with Crippen molar-refractivity contribution in [2.75, 3.05) is 7.05 Å². The molecule has 0 spiro atoms. The molecule has 0 fully saturated rings. The lowest BCUT2D eigenvalue weighted by molar-refractivity contribution is 0.548. The van der Waals surface area contributed by atoms with Crippen molar-refractivity contribution in [3.63, 3.8) is 0 Å². The van der Waals surface area contributed by atoms with E-state index in [1.165, 1.54) is 11.1 Å². The fourth-order valence-corrected chi connectivity index (χ4v) is 2.97. The number of halogens is 2.